The number of hydrogen-bond donors (Lipinski definition) is 1. The van der Waals surface area contributed by atoms with E-state index in [1.807, 2.05) is 19.9 Å². The monoisotopic (exact) mass is 442 g/mol. The molecule has 1 fully saturated rings. The van der Waals surface area contributed by atoms with Gasteiger partial charge in [0.05, 0.1) is 4.90 Å². The first-order chi connectivity index (χ1) is 14.7. The molecule has 6 nitrogen and oxygen atoms in total. The lowest BCUT2D eigenvalue weighted by Crippen LogP contribution is -2.48. The second kappa shape index (κ2) is 8.90. The van der Waals surface area contributed by atoms with Crippen molar-refractivity contribution in [2.24, 2.45) is 0 Å². The molecule has 0 spiro atoms. The van der Waals surface area contributed by atoms with Gasteiger partial charge < -0.3 is 9.80 Å². The normalized spacial score (nSPS) is 18.9. The summed E-state index contributed by atoms with van der Waals surface area (Å²) in [7, 11) is 0.697. The minimum atomic E-state index is -3.57. The molecule has 0 aliphatic carbocycles. The fraction of sp³-hybridized carbons (Fsp3) is 0.500. The summed E-state index contributed by atoms with van der Waals surface area (Å²) in [4.78, 5) is 7.36. The summed E-state index contributed by atoms with van der Waals surface area (Å²) in [5.74, 6) is 0. The van der Waals surface area contributed by atoms with Gasteiger partial charge in [0, 0.05) is 58.0 Å². The molecule has 7 heteroatoms. The van der Waals surface area contributed by atoms with Crippen LogP contribution in [0, 0.1) is 13.8 Å². The van der Waals surface area contributed by atoms with Crippen molar-refractivity contribution >= 4 is 15.7 Å². The summed E-state index contributed by atoms with van der Waals surface area (Å²) in [6, 6.07) is 12.0. The van der Waals surface area contributed by atoms with Crippen molar-refractivity contribution in [1.29, 1.82) is 0 Å². The van der Waals surface area contributed by atoms with E-state index >= 15 is 0 Å². The van der Waals surface area contributed by atoms with Crippen LogP contribution in [0.5, 0.6) is 0 Å². The van der Waals surface area contributed by atoms with Gasteiger partial charge in [-0.3, -0.25) is 4.90 Å². The Morgan fingerprint density at radius 2 is 1.68 bits per heavy atom. The Hall–Kier alpha value is -1.93. The predicted molar refractivity (Wildman–Crippen MR) is 126 cm³/mol. The van der Waals surface area contributed by atoms with Crippen molar-refractivity contribution in [1.82, 2.24) is 14.5 Å². The topological polar surface area (TPSA) is 55.9 Å². The molecule has 168 valence electrons. The standard InChI is InChI=1S/C24H34N4O2S/c1-18-5-7-22(15-19(18)2)31(29,30)25-17-24(28-13-11-26(3)12-14-28)20-6-8-23-21(16-20)9-10-27(23)4/h5-8,15-16,24-25H,9-14,17H2,1-4H3/t24-/m1/s1. The van der Waals surface area contributed by atoms with Crippen LogP contribution in [0.2, 0.25) is 0 Å². The average Bonchev–Trinajstić information content (AvgIpc) is 3.11. The number of hydrogen-bond acceptors (Lipinski definition) is 5. The zero-order valence-electron chi connectivity index (χ0n) is 19.1. The van der Waals surface area contributed by atoms with E-state index in [4.69, 9.17) is 0 Å². The number of likely N-dealkylation sites (N-methyl/N-ethyl adjacent to an activating group) is 2. The van der Waals surface area contributed by atoms with Gasteiger partial charge in [0.15, 0.2) is 0 Å². The first-order valence-corrected chi connectivity index (χ1v) is 12.6. The highest BCUT2D eigenvalue weighted by Crippen LogP contribution is 2.31. The summed E-state index contributed by atoms with van der Waals surface area (Å²) < 4.78 is 29.0. The summed E-state index contributed by atoms with van der Waals surface area (Å²) in [6.45, 7) is 9.21. The van der Waals surface area contributed by atoms with Gasteiger partial charge in [-0.1, -0.05) is 18.2 Å². The van der Waals surface area contributed by atoms with E-state index in [0.717, 1.165) is 50.3 Å². The third-order valence-electron chi connectivity index (χ3n) is 6.85. The molecule has 0 unspecified atom stereocenters. The second-order valence-corrected chi connectivity index (χ2v) is 10.8. The van der Waals surface area contributed by atoms with Gasteiger partial charge in [-0.25, -0.2) is 13.1 Å². The molecule has 0 saturated carbocycles. The lowest BCUT2D eigenvalue weighted by Gasteiger charge is -2.38. The molecule has 0 amide bonds. The van der Waals surface area contributed by atoms with E-state index < -0.39 is 10.0 Å². The fourth-order valence-electron chi connectivity index (χ4n) is 4.54. The van der Waals surface area contributed by atoms with Gasteiger partial charge >= 0.3 is 0 Å². The van der Waals surface area contributed by atoms with Crippen molar-refractivity contribution in [3.05, 3.63) is 58.7 Å². The summed E-state index contributed by atoms with van der Waals surface area (Å²) >= 11 is 0. The molecule has 2 heterocycles. The van der Waals surface area contributed by atoms with Crippen LogP contribution in [0.25, 0.3) is 0 Å². The van der Waals surface area contributed by atoms with E-state index in [1.165, 1.54) is 16.8 Å². The SMILES string of the molecule is Cc1ccc(S(=O)(=O)NC[C@H](c2ccc3c(c2)CCN3C)N2CCN(C)CC2)cc1C. The Morgan fingerprint density at radius 1 is 0.935 bits per heavy atom. The first kappa shape index (κ1) is 22.3. The molecule has 31 heavy (non-hydrogen) atoms. The van der Waals surface area contributed by atoms with Gasteiger partial charge in [-0.2, -0.15) is 0 Å². The molecule has 0 radical (unpaired) electrons. The number of piperazine rings is 1. The van der Waals surface area contributed by atoms with Crippen molar-refractivity contribution in [2.45, 2.75) is 31.2 Å². The molecule has 1 saturated heterocycles. The Bertz CT molecular complexity index is 1050. The van der Waals surface area contributed by atoms with Crippen molar-refractivity contribution in [2.75, 3.05) is 58.3 Å². The van der Waals surface area contributed by atoms with Crippen LogP contribution >= 0.6 is 0 Å². The van der Waals surface area contributed by atoms with Crippen molar-refractivity contribution in [3.8, 4) is 0 Å². The van der Waals surface area contributed by atoms with E-state index in [9.17, 15) is 8.42 Å². The Morgan fingerprint density at radius 3 is 2.39 bits per heavy atom. The molecule has 0 aromatic heterocycles. The summed E-state index contributed by atoms with van der Waals surface area (Å²) in [5.41, 5.74) is 5.92. The third-order valence-corrected chi connectivity index (χ3v) is 8.27. The van der Waals surface area contributed by atoms with E-state index in [2.05, 4.69) is 51.7 Å². The molecule has 1 atom stereocenters. The molecule has 2 aromatic carbocycles. The highest BCUT2D eigenvalue weighted by Gasteiger charge is 2.27. The Labute approximate surface area is 186 Å². The number of nitrogens with zero attached hydrogens (tertiary/aromatic N) is 3. The largest absolute Gasteiger partial charge is 0.374 e. The molecular weight excluding hydrogens is 408 g/mol. The van der Waals surface area contributed by atoms with Crippen LogP contribution in [0.3, 0.4) is 0 Å². The Balaban J connectivity index is 1.58. The minimum Gasteiger partial charge on any atom is -0.374 e. The number of sulfonamides is 1. The smallest absolute Gasteiger partial charge is 0.240 e. The fourth-order valence-corrected chi connectivity index (χ4v) is 5.66. The average molecular weight is 443 g/mol. The first-order valence-electron chi connectivity index (χ1n) is 11.1. The second-order valence-electron chi connectivity index (χ2n) is 9.01. The maximum absolute atomic E-state index is 13.1. The number of aryl methyl sites for hydroxylation is 2. The van der Waals surface area contributed by atoms with Crippen LogP contribution in [-0.4, -0.2) is 71.6 Å². The Kier molecular flexibility index (Phi) is 6.40. The molecule has 2 aromatic rings. The van der Waals surface area contributed by atoms with E-state index in [1.54, 1.807) is 12.1 Å². The predicted octanol–water partition coefficient (Wildman–Crippen LogP) is 2.56. The third kappa shape index (κ3) is 4.80. The van der Waals surface area contributed by atoms with Crippen LogP contribution < -0.4 is 9.62 Å². The quantitative estimate of drug-likeness (QED) is 0.745. The number of anilines is 1. The number of fused-ring (bicyclic) bond motifs is 1. The summed E-state index contributed by atoms with van der Waals surface area (Å²) in [5, 5.41) is 0. The van der Waals surface area contributed by atoms with Crippen LogP contribution in [0.4, 0.5) is 5.69 Å². The minimum absolute atomic E-state index is 0.0197. The molecule has 4 rings (SSSR count). The highest BCUT2D eigenvalue weighted by molar-refractivity contribution is 7.89. The zero-order valence-corrected chi connectivity index (χ0v) is 19.9. The van der Waals surface area contributed by atoms with Crippen LogP contribution in [-0.2, 0) is 16.4 Å². The molecule has 0 bridgehead atoms. The van der Waals surface area contributed by atoms with Gasteiger partial charge in [-0.15, -0.1) is 0 Å². The van der Waals surface area contributed by atoms with Gasteiger partial charge in [0.1, 0.15) is 0 Å². The molecule has 2 aliphatic heterocycles. The molecule has 1 N–H and O–H groups in total. The lowest BCUT2D eigenvalue weighted by atomic mass is 10.0. The lowest BCUT2D eigenvalue weighted by molar-refractivity contribution is 0.113. The van der Waals surface area contributed by atoms with Crippen LogP contribution in [0.15, 0.2) is 41.3 Å². The maximum Gasteiger partial charge on any atom is 0.240 e. The number of nitrogens with one attached hydrogen (secondary N) is 1. The van der Waals surface area contributed by atoms with Crippen molar-refractivity contribution in [3.63, 3.8) is 0 Å². The van der Waals surface area contributed by atoms with E-state index in [-0.39, 0.29) is 6.04 Å². The van der Waals surface area contributed by atoms with Crippen molar-refractivity contribution < 1.29 is 8.42 Å². The van der Waals surface area contributed by atoms with Gasteiger partial charge in [0.2, 0.25) is 10.0 Å². The van der Waals surface area contributed by atoms with E-state index in [0.29, 0.717) is 11.4 Å². The van der Waals surface area contributed by atoms with Crippen LogP contribution in [0.1, 0.15) is 28.3 Å². The molecule has 2 aliphatic rings. The maximum atomic E-state index is 13.1. The number of rotatable bonds is 6. The van der Waals surface area contributed by atoms with Gasteiger partial charge in [-0.05, 0) is 67.8 Å². The summed E-state index contributed by atoms with van der Waals surface area (Å²) in [6.07, 6.45) is 1.05. The number of benzene rings is 2. The highest BCUT2D eigenvalue weighted by atomic mass is 32.2. The molecular formula is C24H34N4O2S. The van der Waals surface area contributed by atoms with Gasteiger partial charge in [0.25, 0.3) is 0 Å². The zero-order chi connectivity index (χ0) is 22.2.